The highest BCUT2D eigenvalue weighted by Crippen LogP contribution is 2.04. The minimum absolute atomic E-state index is 0.0883. The van der Waals surface area contributed by atoms with Gasteiger partial charge in [0.1, 0.15) is 18.1 Å². The molecule has 0 aromatic heterocycles. The van der Waals surface area contributed by atoms with E-state index in [1.165, 1.54) is 6.92 Å². The number of carbonyl (C=O) groups is 5. The van der Waals surface area contributed by atoms with Crippen LogP contribution in [0.25, 0.3) is 0 Å². The van der Waals surface area contributed by atoms with Crippen LogP contribution in [0.15, 0.2) is 4.99 Å². The highest BCUT2D eigenvalue weighted by atomic mass is 16.4. The summed E-state index contributed by atoms with van der Waals surface area (Å²) in [6, 6.07) is -4.44. The predicted octanol–water partition coefficient (Wildman–Crippen LogP) is -3.68. The van der Waals surface area contributed by atoms with Crippen molar-refractivity contribution in [2.24, 2.45) is 33.7 Å². The summed E-state index contributed by atoms with van der Waals surface area (Å²) in [6.07, 6.45) is 1.59. The Kier molecular flexibility index (Phi) is 15.4. The minimum atomic E-state index is -1.21. The second-order valence-electron chi connectivity index (χ2n) is 8.04. The van der Waals surface area contributed by atoms with Crippen LogP contribution in [0.4, 0.5) is 0 Å². The molecule has 0 aromatic carbocycles. The molecule has 0 heterocycles. The molecule has 14 N–H and O–H groups in total. The van der Waals surface area contributed by atoms with Crippen molar-refractivity contribution in [3.8, 4) is 0 Å². The Morgan fingerprint density at radius 3 is 2.00 bits per heavy atom. The molecule has 0 radical (unpaired) electrons. The van der Waals surface area contributed by atoms with E-state index in [0.29, 0.717) is 25.8 Å². The van der Waals surface area contributed by atoms with Crippen molar-refractivity contribution in [1.29, 1.82) is 0 Å². The van der Waals surface area contributed by atoms with Crippen molar-refractivity contribution < 1.29 is 29.1 Å². The van der Waals surface area contributed by atoms with Gasteiger partial charge in [0.2, 0.25) is 23.6 Å². The van der Waals surface area contributed by atoms with Crippen LogP contribution in [-0.2, 0) is 24.0 Å². The summed E-state index contributed by atoms with van der Waals surface area (Å²) < 4.78 is 0. The zero-order chi connectivity index (χ0) is 27.0. The van der Waals surface area contributed by atoms with E-state index in [-0.39, 0.29) is 38.2 Å². The zero-order valence-electron chi connectivity index (χ0n) is 20.0. The molecule has 4 unspecified atom stereocenters. The van der Waals surface area contributed by atoms with Gasteiger partial charge in [-0.1, -0.05) is 0 Å². The number of hydrogen-bond acceptors (Lipinski definition) is 8. The van der Waals surface area contributed by atoms with Gasteiger partial charge in [-0.05, 0) is 52.0 Å². The normalized spacial score (nSPS) is 14.0. The number of amides is 4. The number of rotatable bonds is 18. The number of carboxylic acid groups (broad SMARTS) is 1. The average Bonchev–Trinajstić information content (AvgIpc) is 2.77. The number of carbonyl (C=O) groups excluding carboxylic acids is 4. The lowest BCUT2D eigenvalue weighted by atomic mass is 10.1. The van der Waals surface area contributed by atoms with Gasteiger partial charge in [-0.25, -0.2) is 4.79 Å². The van der Waals surface area contributed by atoms with Crippen molar-refractivity contribution in [1.82, 2.24) is 16.0 Å². The number of nitrogens with one attached hydrogen (secondary N) is 3. The first-order valence-electron chi connectivity index (χ1n) is 11.3. The first kappa shape index (κ1) is 31.5. The smallest absolute Gasteiger partial charge is 0.326 e. The SMILES string of the molecule is CC(NC(=O)C(CCC(N)=O)NC(=O)C(N)CCCN=C(N)N)C(=O)NC(CCCCN)C(=O)O. The van der Waals surface area contributed by atoms with Crippen LogP contribution < -0.4 is 44.6 Å². The third kappa shape index (κ3) is 14.4. The topological polar surface area (TPSA) is 284 Å². The van der Waals surface area contributed by atoms with Gasteiger partial charge in [-0.2, -0.15) is 0 Å². The molecular weight excluding hydrogens is 462 g/mol. The molecule has 0 fully saturated rings. The van der Waals surface area contributed by atoms with E-state index in [1.807, 2.05) is 0 Å². The Balaban J connectivity index is 5.04. The Hall–Kier alpha value is -3.46. The first-order valence-corrected chi connectivity index (χ1v) is 11.3. The summed E-state index contributed by atoms with van der Waals surface area (Å²) >= 11 is 0. The second kappa shape index (κ2) is 17.0. The van der Waals surface area contributed by atoms with E-state index in [4.69, 9.17) is 28.7 Å². The van der Waals surface area contributed by atoms with Crippen molar-refractivity contribution in [2.75, 3.05) is 13.1 Å². The maximum Gasteiger partial charge on any atom is 0.326 e. The molecular formula is C20H39N9O6. The second-order valence-corrected chi connectivity index (χ2v) is 8.04. The molecule has 0 saturated carbocycles. The van der Waals surface area contributed by atoms with Gasteiger partial charge in [0.15, 0.2) is 5.96 Å². The molecule has 0 aromatic rings. The molecule has 0 rings (SSSR count). The van der Waals surface area contributed by atoms with Gasteiger partial charge in [0.25, 0.3) is 0 Å². The number of nitrogens with two attached hydrogens (primary N) is 5. The first-order chi connectivity index (χ1) is 16.4. The van der Waals surface area contributed by atoms with Crippen LogP contribution in [0.3, 0.4) is 0 Å². The number of nitrogens with zero attached hydrogens (tertiary/aromatic N) is 1. The summed E-state index contributed by atoms with van der Waals surface area (Å²) in [5, 5.41) is 16.5. The standard InChI is InChI=1S/C20H39N9O6/c1-11(16(31)29-14(19(34)35)6-2-3-9-21)27-18(33)13(7-8-15(23)30)28-17(32)12(22)5-4-10-26-20(24)25/h11-14H,2-10,21-22H2,1H3,(H2,23,30)(H,27,33)(H,28,32)(H,29,31)(H,34,35)(H4,24,25,26). The Morgan fingerprint density at radius 1 is 0.829 bits per heavy atom. The maximum atomic E-state index is 12.7. The van der Waals surface area contributed by atoms with Gasteiger partial charge in [-0.15, -0.1) is 0 Å². The molecule has 35 heavy (non-hydrogen) atoms. The fourth-order valence-corrected chi connectivity index (χ4v) is 2.91. The van der Waals surface area contributed by atoms with Crippen LogP contribution in [0.1, 0.15) is 51.9 Å². The Labute approximate surface area is 204 Å². The molecule has 15 heteroatoms. The third-order valence-corrected chi connectivity index (χ3v) is 4.93. The number of hydrogen-bond donors (Lipinski definition) is 9. The molecule has 0 saturated heterocycles. The number of primary amides is 1. The van der Waals surface area contributed by atoms with Crippen LogP contribution in [-0.4, -0.2) is 77.9 Å². The molecule has 0 spiro atoms. The number of aliphatic imine (C=N–C) groups is 1. The summed E-state index contributed by atoms with van der Waals surface area (Å²) in [6.45, 7) is 2.02. The lowest BCUT2D eigenvalue weighted by molar-refractivity contribution is -0.142. The van der Waals surface area contributed by atoms with Crippen LogP contribution in [0.2, 0.25) is 0 Å². The molecule has 0 bridgehead atoms. The number of unbranched alkanes of at least 4 members (excludes halogenated alkanes) is 1. The van der Waals surface area contributed by atoms with E-state index in [9.17, 15) is 29.1 Å². The van der Waals surface area contributed by atoms with Crippen LogP contribution >= 0.6 is 0 Å². The van der Waals surface area contributed by atoms with Crippen molar-refractivity contribution in [3.05, 3.63) is 0 Å². The monoisotopic (exact) mass is 501 g/mol. The van der Waals surface area contributed by atoms with Gasteiger partial charge < -0.3 is 49.7 Å². The largest absolute Gasteiger partial charge is 0.480 e. The molecule has 0 aliphatic carbocycles. The van der Waals surface area contributed by atoms with Gasteiger partial charge in [0.05, 0.1) is 6.04 Å². The van der Waals surface area contributed by atoms with E-state index in [1.54, 1.807) is 0 Å². The van der Waals surface area contributed by atoms with Gasteiger partial charge in [-0.3, -0.25) is 24.2 Å². The summed E-state index contributed by atoms with van der Waals surface area (Å²) in [4.78, 5) is 63.9. The predicted molar refractivity (Wildman–Crippen MR) is 128 cm³/mol. The molecule has 200 valence electrons. The van der Waals surface area contributed by atoms with Crippen LogP contribution in [0.5, 0.6) is 0 Å². The third-order valence-electron chi connectivity index (χ3n) is 4.93. The quantitative estimate of drug-likeness (QED) is 0.0503. The summed E-state index contributed by atoms with van der Waals surface area (Å²) in [7, 11) is 0. The van der Waals surface area contributed by atoms with E-state index in [2.05, 4.69) is 20.9 Å². The van der Waals surface area contributed by atoms with E-state index < -0.39 is 53.8 Å². The lowest BCUT2D eigenvalue weighted by Crippen LogP contribution is -2.56. The molecule has 4 amide bonds. The summed E-state index contributed by atoms with van der Waals surface area (Å²) in [5.74, 6) is -4.13. The van der Waals surface area contributed by atoms with E-state index in [0.717, 1.165) is 0 Å². The van der Waals surface area contributed by atoms with Crippen molar-refractivity contribution in [3.63, 3.8) is 0 Å². The van der Waals surface area contributed by atoms with Crippen molar-refractivity contribution >= 4 is 35.6 Å². The highest BCUT2D eigenvalue weighted by molar-refractivity contribution is 5.94. The molecule has 15 nitrogen and oxygen atoms in total. The lowest BCUT2D eigenvalue weighted by Gasteiger charge is -2.23. The Bertz CT molecular complexity index is 757. The maximum absolute atomic E-state index is 12.7. The average molecular weight is 502 g/mol. The summed E-state index contributed by atoms with van der Waals surface area (Å²) in [5.41, 5.74) is 26.9. The Morgan fingerprint density at radius 2 is 1.46 bits per heavy atom. The highest BCUT2D eigenvalue weighted by Gasteiger charge is 2.28. The molecule has 0 aliphatic rings. The van der Waals surface area contributed by atoms with Gasteiger partial charge >= 0.3 is 5.97 Å². The van der Waals surface area contributed by atoms with Crippen molar-refractivity contribution in [2.45, 2.75) is 76.0 Å². The molecule has 0 aliphatic heterocycles. The fourth-order valence-electron chi connectivity index (χ4n) is 2.91. The zero-order valence-corrected chi connectivity index (χ0v) is 20.0. The number of carboxylic acids is 1. The number of guanidine groups is 1. The minimum Gasteiger partial charge on any atom is -0.480 e. The molecule has 4 atom stereocenters. The number of aliphatic carboxylic acids is 1. The van der Waals surface area contributed by atoms with E-state index >= 15 is 0 Å². The fraction of sp³-hybridized carbons (Fsp3) is 0.700. The van der Waals surface area contributed by atoms with Crippen LogP contribution in [0, 0.1) is 0 Å². The van der Waals surface area contributed by atoms with Gasteiger partial charge in [0, 0.05) is 13.0 Å².